The van der Waals surface area contributed by atoms with Crippen LogP contribution in [0.25, 0.3) is 0 Å². The zero-order valence-corrected chi connectivity index (χ0v) is 32.2. The molecule has 0 saturated carbocycles. The first kappa shape index (κ1) is 47.8. The number of amides is 4. The summed E-state index contributed by atoms with van der Waals surface area (Å²) in [4.78, 5) is 62.2. The molecule has 0 radical (unpaired) electrons. The van der Waals surface area contributed by atoms with Crippen molar-refractivity contribution in [3.8, 4) is 0 Å². The fourth-order valence-corrected chi connectivity index (χ4v) is 7.51. The van der Waals surface area contributed by atoms with Gasteiger partial charge in [-0.05, 0) is 32.1 Å². The number of carbonyl (C=O) groups excluding carboxylic acids is 4. The Bertz CT molecular complexity index is 1300. The first-order valence-electron chi connectivity index (χ1n) is 18.8. The quantitative estimate of drug-likeness (QED) is 0.0323. The summed E-state index contributed by atoms with van der Waals surface area (Å²) in [6.07, 6.45) is -11.7. The molecule has 12 N–H and O–H groups in total. The Morgan fingerprint density at radius 2 is 1.71 bits per heavy atom. The van der Waals surface area contributed by atoms with Crippen molar-refractivity contribution in [3.63, 3.8) is 0 Å². The molecule has 21 nitrogen and oxygen atoms in total. The van der Waals surface area contributed by atoms with Gasteiger partial charge in [0.25, 0.3) is 5.79 Å². The van der Waals surface area contributed by atoms with Crippen molar-refractivity contribution in [2.75, 3.05) is 45.7 Å². The minimum absolute atomic E-state index is 0.0306. The van der Waals surface area contributed by atoms with Crippen LogP contribution in [0.4, 0.5) is 0 Å². The van der Waals surface area contributed by atoms with Crippen LogP contribution in [0.15, 0.2) is 0 Å². The van der Waals surface area contributed by atoms with E-state index in [-0.39, 0.29) is 43.1 Å². The van der Waals surface area contributed by atoms with Gasteiger partial charge in [-0.25, -0.2) is 4.79 Å². The van der Waals surface area contributed by atoms with Crippen LogP contribution < -0.4 is 16.4 Å². The SMILES string of the molecule is CNC(=O)CCCCCN1C(=O)CC(SCCC(=O)NCCCCCO[C@H]2OC(CO[C@]3(C(=O)O)C[C@@H](O)[C@@H](N)C([C@H](O)[C@H](O)CO)O3)[C@H](O)[C@H](O)C2O)C1=O. The number of aliphatic hydroxyl groups excluding tert-OH is 7. The lowest BCUT2D eigenvalue weighted by Crippen LogP contribution is -2.67. The lowest BCUT2D eigenvalue weighted by molar-refractivity contribution is -0.337. The Morgan fingerprint density at radius 3 is 2.39 bits per heavy atom. The number of nitrogens with two attached hydrogens (primary N) is 1. The van der Waals surface area contributed by atoms with Gasteiger partial charge in [0.1, 0.15) is 42.7 Å². The monoisotopic (exact) mass is 826 g/mol. The van der Waals surface area contributed by atoms with E-state index < -0.39 is 97.8 Å². The number of carboxylic acids is 1. The van der Waals surface area contributed by atoms with Gasteiger partial charge in [-0.1, -0.05) is 6.42 Å². The van der Waals surface area contributed by atoms with Gasteiger partial charge in [0.2, 0.25) is 23.6 Å². The third-order valence-corrected chi connectivity index (χ3v) is 11.1. The standard InChI is InChI=1S/C34H58N4O17S/c1-36-22(42)8-4-2-6-11-38-24(44)14-21(31(38)49)56-13-9-23(43)37-10-5-3-7-12-52-32-29(48)28(47)27(46)20(54-32)17-53-34(33(50)51)15-18(40)25(35)30(55-34)26(45)19(41)16-39/h18-21,25-30,32,39-41,45-48H,2-17,35H2,1H3,(H,36,42)(H,37,43)(H,50,51)/t18-,19-,20?,21?,25-,26-,27+,28+,29?,30?,32+,34-/m1/s1. The Morgan fingerprint density at radius 1 is 1.00 bits per heavy atom. The molecule has 3 aliphatic heterocycles. The lowest BCUT2D eigenvalue weighted by Gasteiger charge is -2.46. The van der Waals surface area contributed by atoms with Crippen LogP contribution in [0.1, 0.15) is 64.2 Å². The minimum atomic E-state index is -2.65. The summed E-state index contributed by atoms with van der Waals surface area (Å²) < 4.78 is 22.1. The molecule has 3 fully saturated rings. The van der Waals surface area contributed by atoms with Crippen molar-refractivity contribution in [3.05, 3.63) is 0 Å². The van der Waals surface area contributed by atoms with Crippen LogP contribution in [0.5, 0.6) is 0 Å². The smallest absolute Gasteiger partial charge is 0.364 e. The Hall–Kier alpha value is -2.58. The van der Waals surface area contributed by atoms with E-state index in [9.17, 15) is 64.8 Å². The van der Waals surface area contributed by atoms with Crippen LogP contribution in [0, 0.1) is 0 Å². The number of likely N-dealkylation sites (tertiary alicyclic amines) is 1. The fraction of sp³-hybridized carbons (Fsp3) is 0.853. The minimum Gasteiger partial charge on any atom is -0.477 e. The van der Waals surface area contributed by atoms with Crippen LogP contribution in [0.2, 0.25) is 0 Å². The number of imide groups is 1. The number of ether oxygens (including phenoxy) is 4. The molecule has 56 heavy (non-hydrogen) atoms. The van der Waals surface area contributed by atoms with Crippen LogP contribution in [-0.4, -0.2) is 193 Å². The molecular formula is C34H58N4O17S. The second kappa shape index (κ2) is 23.1. The topological polar surface area (TPSA) is 337 Å². The van der Waals surface area contributed by atoms with Crippen molar-refractivity contribution < 1.29 is 83.8 Å². The predicted molar refractivity (Wildman–Crippen MR) is 193 cm³/mol. The molecule has 322 valence electrons. The van der Waals surface area contributed by atoms with E-state index >= 15 is 0 Å². The second-order valence-electron chi connectivity index (χ2n) is 14.0. The largest absolute Gasteiger partial charge is 0.477 e. The number of nitrogens with one attached hydrogen (secondary N) is 2. The number of thioether (sulfide) groups is 1. The molecular weight excluding hydrogens is 768 g/mol. The molecule has 3 aliphatic rings. The van der Waals surface area contributed by atoms with Crippen molar-refractivity contribution in [1.29, 1.82) is 0 Å². The van der Waals surface area contributed by atoms with Gasteiger partial charge in [0.05, 0.1) is 30.6 Å². The average molecular weight is 827 g/mol. The Balaban J connectivity index is 1.34. The summed E-state index contributed by atoms with van der Waals surface area (Å²) in [6, 6.07) is -1.37. The molecule has 4 unspecified atom stereocenters. The highest BCUT2D eigenvalue weighted by atomic mass is 32.2. The van der Waals surface area contributed by atoms with E-state index in [0.717, 1.165) is 6.42 Å². The molecule has 0 aromatic rings. The van der Waals surface area contributed by atoms with Gasteiger partial charge >= 0.3 is 5.97 Å². The number of carbonyl (C=O) groups is 5. The van der Waals surface area contributed by atoms with Crippen LogP contribution >= 0.6 is 11.8 Å². The first-order chi connectivity index (χ1) is 26.6. The first-order valence-corrected chi connectivity index (χ1v) is 19.8. The second-order valence-corrected chi connectivity index (χ2v) is 15.3. The van der Waals surface area contributed by atoms with Gasteiger partial charge < -0.3 is 76.2 Å². The Labute approximate surface area is 328 Å². The van der Waals surface area contributed by atoms with Crippen molar-refractivity contribution in [2.45, 2.75) is 136 Å². The number of aliphatic hydroxyl groups is 7. The number of hydrogen-bond donors (Lipinski definition) is 11. The van der Waals surface area contributed by atoms with E-state index in [1.165, 1.54) is 16.7 Å². The maximum Gasteiger partial charge on any atom is 0.364 e. The summed E-state index contributed by atoms with van der Waals surface area (Å²) in [5.41, 5.74) is 5.86. The molecule has 3 heterocycles. The number of hydrogen-bond acceptors (Lipinski definition) is 18. The zero-order chi connectivity index (χ0) is 41.6. The van der Waals surface area contributed by atoms with E-state index in [1.54, 1.807) is 7.05 Å². The maximum absolute atomic E-state index is 12.7. The van der Waals surface area contributed by atoms with Gasteiger partial charge in [-0.2, -0.15) is 0 Å². The van der Waals surface area contributed by atoms with Crippen molar-refractivity contribution >= 4 is 41.4 Å². The number of carboxylic acid groups (broad SMARTS) is 1. The molecule has 22 heteroatoms. The predicted octanol–water partition coefficient (Wildman–Crippen LogP) is -4.36. The summed E-state index contributed by atoms with van der Waals surface area (Å²) in [7, 11) is 1.57. The molecule has 3 rings (SSSR count). The normalized spacial score (nSPS) is 31.9. The highest BCUT2D eigenvalue weighted by Gasteiger charge is 2.55. The summed E-state index contributed by atoms with van der Waals surface area (Å²) >= 11 is 1.27. The van der Waals surface area contributed by atoms with E-state index in [2.05, 4.69) is 10.6 Å². The van der Waals surface area contributed by atoms with Crippen molar-refractivity contribution in [1.82, 2.24) is 15.5 Å². The molecule has 0 aromatic heterocycles. The van der Waals surface area contributed by atoms with Gasteiger partial charge in [0.15, 0.2) is 6.29 Å². The van der Waals surface area contributed by atoms with Gasteiger partial charge in [-0.15, -0.1) is 11.8 Å². The van der Waals surface area contributed by atoms with Crippen molar-refractivity contribution in [2.24, 2.45) is 5.73 Å². The summed E-state index contributed by atoms with van der Waals surface area (Å²) in [6.45, 7) is -0.991. The number of unbranched alkanes of at least 4 members (excludes halogenated alkanes) is 4. The van der Waals surface area contributed by atoms with E-state index in [4.69, 9.17) is 24.7 Å². The number of nitrogens with zero attached hydrogens (tertiary/aromatic N) is 1. The third kappa shape index (κ3) is 13.2. The summed E-state index contributed by atoms with van der Waals surface area (Å²) in [5, 5.41) is 86.0. The molecule has 4 amide bonds. The van der Waals surface area contributed by atoms with Crippen LogP contribution in [-0.2, 0) is 42.9 Å². The van der Waals surface area contributed by atoms with Gasteiger partial charge in [0, 0.05) is 58.2 Å². The Kier molecular flexibility index (Phi) is 19.7. The number of rotatable bonds is 24. The molecule has 0 bridgehead atoms. The van der Waals surface area contributed by atoms with Crippen LogP contribution in [0.3, 0.4) is 0 Å². The van der Waals surface area contributed by atoms with E-state index in [1.807, 2.05) is 0 Å². The molecule has 0 aromatic carbocycles. The maximum atomic E-state index is 12.7. The third-order valence-electron chi connectivity index (χ3n) is 9.86. The molecule has 12 atom stereocenters. The molecule has 3 saturated heterocycles. The summed E-state index contributed by atoms with van der Waals surface area (Å²) in [5.74, 6) is -4.81. The fourth-order valence-electron chi connectivity index (χ4n) is 6.39. The highest BCUT2D eigenvalue weighted by molar-refractivity contribution is 8.00. The van der Waals surface area contributed by atoms with Gasteiger partial charge in [-0.3, -0.25) is 24.1 Å². The molecule has 0 aliphatic carbocycles. The zero-order valence-electron chi connectivity index (χ0n) is 31.3. The van der Waals surface area contributed by atoms with E-state index in [0.29, 0.717) is 57.4 Å². The molecule has 0 spiro atoms. The number of aliphatic carboxylic acids is 1. The lowest BCUT2D eigenvalue weighted by atomic mass is 9.89. The highest BCUT2D eigenvalue weighted by Crippen LogP contribution is 2.34. The average Bonchev–Trinajstić information content (AvgIpc) is 3.44.